The van der Waals surface area contributed by atoms with Crippen molar-refractivity contribution in [3.05, 3.63) is 30.3 Å². The normalized spacial score (nSPS) is 31.0. The van der Waals surface area contributed by atoms with Crippen molar-refractivity contribution in [2.24, 2.45) is 11.8 Å². The van der Waals surface area contributed by atoms with E-state index < -0.39 is 23.5 Å². The summed E-state index contributed by atoms with van der Waals surface area (Å²) >= 11 is 0. The van der Waals surface area contributed by atoms with Gasteiger partial charge < -0.3 is 25.4 Å². The van der Waals surface area contributed by atoms with E-state index in [4.69, 9.17) is 4.74 Å². The number of nitrogens with zero attached hydrogens (tertiary/aromatic N) is 1. The molecule has 0 saturated carbocycles. The fourth-order valence-corrected chi connectivity index (χ4v) is 5.47. The van der Waals surface area contributed by atoms with Crippen LogP contribution in [0.5, 0.6) is 0 Å². The average Bonchev–Trinajstić information content (AvgIpc) is 3.40. The van der Waals surface area contributed by atoms with Crippen molar-refractivity contribution in [2.75, 3.05) is 25.0 Å². The molecule has 3 fully saturated rings. The molecule has 31 heavy (non-hydrogen) atoms. The second-order valence-electron chi connectivity index (χ2n) is 8.66. The van der Waals surface area contributed by atoms with Crippen molar-refractivity contribution in [3.8, 4) is 0 Å². The summed E-state index contributed by atoms with van der Waals surface area (Å²) in [5, 5.41) is 15.2. The number of carbonyl (C=O) groups is 3. The maximum absolute atomic E-state index is 13.5. The molecule has 2 bridgehead atoms. The highest BCUT2D eigenvalue weighted by Crippen LogP contribution is 2.58. The molecule has 0 aliphatic carbocycles. The number of likely N-dealkylation sites (tertiary alicyclic amines) is 1. The van der Waals surface area contributed by atoms with Crippen LogP contribution in [0.1, 0.15) is 39.0 Å². The number of ether oxygens (including phenoxy) is 1. The number of aliphatic hydroxyl groups is 1. The average molecular weight is 430 g/mol. The van der Waals surface area contributed by atoms with Crippen LogP contribution in [0.25, 0.3) is 0 Å². The van der Waals surface area contributed by atoms with Gasteiger partial charge >= 0.3 is 0 Å². The summed E-state index contributed by atoms with van der Waals surface area (Å²) in [5.41, 5.74) is -0.313. The third-order valence-corrected chi connectivity index (χ3v) is 6.78. The van der Waals surface area contributed by atoms with Gasteiger partial charge in [0.15, 0.2) is 0 Å². The van der Waals surface area contributed by atoms with Crippen LogP contribution in [0.2, 0.25) is 0 Å². The number of nitrogens with one attached hydrogen (secondary N) is 2. The Labute approximate surface area is 182 Å². The molecular formula is C23H31N3O5. The van der Waals surface area contributed by atoms with Crippen molar-refractivity contribution in [1.82, 2.24) is 10.2 Å². The highest BCUT2D eigenvalue weighted by atomic mass is 16.5. The standard InChI is InChI=1S/C23H31N3O5/c1-2-3-12-24-21(29)19-23-11-10-16(31-23)17(18(23)22(30)26(19)13-7-14-27)20(28)25-15-8-5-4-6-9-15/h4-6,8-9,16-19,27H,2-3,7,10-14H2,1H3,(H,24,29)(H,25,28)/t16-,17+,18-,19?,23?/m0/s1. The number of para-hydroxylation sites is 1. The molecule has 3 aliphatic rings. The van der Waals surface area contributed by atoms with Crippen molar-refractivity contribution < 1.29 is 24.2 Å². The minimum absolute atomic E-state index is 0.0764. The SMILES string of the molecule is CCCCNC(=O)C1N(CCCO)C(=O)[C@@H]2[C@H](C(=O)Nc3ccccc3)[C@@H]3CCC12O3. The second-order valence-corrected chi connectivity index (χ2v) is 8.66. The zero-order valence-electron chi connectivity index (χ0n) is 17.9. The Morgan fingerprint density at radius 3 is 2.71 bits per heavy atom. The van der Waals surface area contributed by atoms with E-state index in [1.54, 1.807) is 12.1 Å². The van der Waals surface area contributed by atoms with E-state index in [2.05, 4.69) is 10.6 Å². The van der Waals surface area contributed by atoms with Crippen LogP contribution in [0, 0.1) is 11.8 Å². The van der Waals surface area contributed by atoms with Gasteiger partial charge in [0.1, 0.15) is 11.6 Å². The van der Waals surface area contributed by atoms with E-state index in [-0.39, 0.29) is 37.0 Å². The van der Waals surface area contributed by atoms with Gasteiger partial charge in [-0.3, -0.25) is 14.4 Å². The number of anilines is 1. The van der Waals surface area contributed by atoms with Crippen molar-refractivity contribution in [3.63, 3.8) is 0 Å². The molecule has 8 nitrogen and oxygen atoms in total. The predicted octanol–water partition coefficient (Wildman–Crippen LogP) is 1.30. The molecule has 168 valence electrons. The van der Waals surface area contributed by atoms with E-state index in [1.165, 1.54) is 4.90 Å². The van der Waals surface area contributed by atoms with Crippen LogP contribution in [-0.2, 0) is 19.1 Å². The molecule has 1 aromatic rings. The number of unbranched alkanes of at least 4 members (excludes halogenated alkanes) is 1. The van der Waals surface area contributed by atoms with Gasteiger partial charge in [0.2, 0.25) is 17.7 Å². The molecule has 3 aliphatic heterocycles. The van der Waals surface area contributed by atoms with E-state index in [1.807, 2.05) is 25.1 Å². The van der Waals surface area contributed by atoms with Gasteiger partial charge in [-0.25, -0.2) is 0 Å². The summed E-state index contributed by atoms with van der Waals surface area (Å²) in [5.74, 6) is -2.01. The first-order chi connectivity index (χ1) is 15.0. The fraction of sp³-hybridized carbons (Fsp3) is 0.609. The minimum Gasteiger partial charge on any atom is -0.396 e. The molecule has 3 heterocycles. The Morgan fingerprint density at radius 1 is 1.23 bits per heavy atom. The third-order valence-electron chi connectivity index (χ3n) is 6.78. The van der Waals surface area contributed by atoms with Gasteiger partial charge in [-0.2, -0.15) is 0 Å². The number of rotatable bonds is 9. The van der Waals surface area contributed by atoms with Gasteiger partial charge in [-0.1, -0.05) is 31.5 Å². The first-order valence-corrected chi connectivity index (χ1v) is 11.3. The first kappa shape index (κ1) is 21.8. The monoisotopic (exact) mass is 429 g/mol. The molecular weight excluding hydrogens is 398 g/mol. The molecule has 1 aromatic carbocycles. The molecule has 1 spiro atoms. The molecule has 5 atom stereocenters. The Morgan fingerprint density at radius 2 is 2.00 bits per heavy atom. The van der Waals surface area contributed by atoms with Gasteiger partial charge in [0.05, 0.1) is 17.9 Å². The molecule has 3 saturated heterocycles. The number of amides is 3. The number of hydrogen-bond donors (Lipinski definition) is 3. The van der Waals surface area contributed by atoms with Crippen LogP contribution in [0.15, 0.2) is 30.3 Å². The highest BCUT2D eigenvalue weighted by molar-refractivity contribution is 6.01. The number of aliphatic hydroxyl groups excluding tert-OH is 1. The summed E-state index contributed by atoms with van der Waals surface area (Å²) in [6.45, 7) is 2.77. The minimum atomic E-state index is -0.980. The topological polar surface area (TPSA) is 108 Å². The fourth-order valence-electron chi connectivity index (χ4n) is 5.47. The molecule has 2 unspecified atom stereocenters. The van der Waals surface area contributed by atoms with E-state index in [0.717, 1.165) is 12.8 Å². The molecule has 4 rings (SSSR count). The summed E-state index contributed by atoms with van der Waals surface area (Å²) in [7, 11) is 0. The lowest BCUT2D eigenvalue weighted by Crippen LogP contribution is -2.55. The number of carbonyl (C=O) groups excluding carboxylic acids is 3. The molecule has 3 amide bonds. The predicted molar refractivity (Wildman–Crippen MR) is 114 cm³/mol. The van der Waals surface area contributed by atoms with Gasteiger partial charge in [-0.05, 0) is 37.8 Å². The number of fused-ring (bicyclic) bond motifs is 1. The van der Waals surface area contributed by atoms with Crippen LogP contribution < -0.4 is 10.6 Å². The smallest absolute Gasteiger partial charge is 0.245 e. The van der Waals surface area contributed by atoms with Crippen LogP contribution in [0.3, 0.4) is 0 Å². The Kier molecular flexibility index (Phi) is 6.29. The third kappa shape index (κ3) is 3.72. The number of benzene rings is 1. The van der Waals surface area contributed by atoms with Crippen molar-refractivity contribution in [2.45, 2.75) is 56.8 Å². The van der Waals surface area contributed by atoms with E-state index >= 15 is 0 Å². The lowest BCUT2D eigenvalue weighted by molar-refractivity contribution is -0.141. The summed E-state index contributed by atoms with van der Waals surface area (Å²) < 4.78 is 6.33. The highest BCUT2D eigenvalue weighted by Gasteiger charge is 2.74. The van der Waals surface area contributed by atoms with Crippen LogP contribution in [0.4, 0.5) is 5.69 Å². The van der Waals surface area contributed by atoms with Gasteiger partial charge in [0.25, 0.3) is 0 Å². The maximum Gasteiger partial charge on any atom is 0.245 e. The number of hydrogen-bond acceptors (Lipinski definition) is 5. The Hall–Kier alpha value is -2.45. The first-order valence-electron chi connectivity index (χ1n) is 11.3. The molecule has 3 N–H and O–H groups in total. The lowest BCUT2D eigenvalue weighted by Gasteiger charge is -2.33. The van der Waals surface area contributed by atoms with Crippen molar-refractivity contribution in [1.29, 1.82) is 0 Å². The van der Waals surface area contributed by atoms with Crippen molar-refractivity contribution >= 4 is 23.4 Å². The van der Waals surface area contributed by atoms with Gasteiger partial charge in [0, 0.05) is 25.4 Å². The molecule has 0 aromatic heterocycles. The lowest BCUT2D eigenvalue weighted by atomic mass is 9.70. The summed E-state index contributed by atoms with van der Waals surface area (Å²) in [6, 6.07) is 8.37. The van der Waals surface area contributed by atoms with Crippen LogP contribution >= 0.6 is 0 Å². The molecule has 0 radical (unpaired) electrons. The second kappa shape index (κ2) is 8.96. The Bertz CT molecular complexity index is 832. The van der Waals surface area contributed by atoms with E-state index in [0.29, 0.717) is 31.5 Å². The van der Waals surface area contributed by atoms with Gasteiger partial charge in [-0.15, -0.1) is 0 Å². The zero-order valence-corrected chi connectivity index (χ0v) is 17.9. The quantitative estimate of drug-likeness (QED) is 0.513. The zero-order chi connectivity index (χ0) is 22.0. The summed E-state index contributed by atoms with van der Waals surface area (Å²) in [6.07, 6.45) is 3.02. The Balaban J connectivity index is 1.61. The largest absolute Gasteiger partial charge is 0.396 e. The van der Waals surface area contributed by atoms with Crippen LogP contribution in [-0.4, -0.2) is 65.2 Å². The van der Waals surface area contributed by atoms with E-state index in [9.17, 15) is 19.5 Å². The molecule has 8 heteroatoms. The maximum atomic E-state index is 13.5. The summed E-state index contributed by atoms with van der Waals surface area (Å²) in [4.78, 5) is 41.4.